The molecule has 1 heterocycles. The fourth-order valence-electron chi connectivity index (χ4n) is 3.22. The summed E-state index contributed by atoms with van der Waals surface area (Å²) in [6, 6.07) is 8.16. The highest BCUT2D eigenvalue weighted by atomic mass is 16.5. The van der Waals surface area contributed by atoms with Gasteiger partial charge < -0.3 is 15.4 Å². The Morgan fingerprint density at radius 1 is 1.30 bits per heavy atom. The molecule has 0 aromatic heterocycles. The summed E-state index contributed by atoms with van der Waals surface area (Å²) in [7, 11) is 0. The van der Waals surface area contributed by atoms with E-state index >= 15 is 0 Å². The second kappa shape index (κ2) is 5.83. The largest absolute Gasteiger partial charge is 0.491 e. The van der Waals surface area contributed by atoms with Gasteiger partial charge in [0.1, 0.15) is 12.4 Å². The van der Waals surface area contributed by atoms with E-state index in [1.807, 2.05) is 29.2 Å². The Hall–Kier alpha value is -1.55. The number of nitrogens with two attached hydrogens (primary N) is 1. The molecule has 108 valence electrons. The third-order valence-electron chi connectivity index (χ3n) is 4.33. The van der Waals surface area contributed by atoms with E-state index in [-0.39, 0.29) is 17.9 Å². The summed E-state index contributed by atoms with van der Waals surface area (Å²) in [4.78, 5) is 14.6. The smallest absolute Gasteiger partial charge is 0.226 e. The molecular weight excluding hydrogens is 252 g/mol. The molecule has 1 aliphatic carbocycles. The van der Waals surface area contributed by atoms with E-state index in [0.717, 1.165) is 37.0 Å². The highest BCUT2D eigenvalue weighted by Crippen LogP contribution is 2.28. The number of carbonyl (C=O) groups excluding carboxylic acids is 1. The second-order valence-corrected chi connectivity index (χ2v) is 5.84. The number of benzene rings is 1. The normalized spacial score (nSPS) is 26.4. The average molecular weight is 274 g/mol. The maximum absolute atomic E-state index is 12.7. The van der Waals surface area contributed by atoms with Crippen molar-refractivity contribution in [2.45, 2.75) is 38.3 Å². The fourth-order valence-corrected chi connectivity index (χ4v) is 3.22. The van der Waals surface area contributed by atoms with Crippen LogP contribution in [-0.2, 0) is 11.3 Å². The first-order valence-corrected chi connectivity index (χ1v) is 7.49. The molecule has 2 atom stereocenters. The van der Waals surface area contributed by atoms with Gasteiger partial charge in [0.2, 0.25) is 5.91 Å². The fraction of sp³-hybridized carbons (Fsp3) is 0.562. The van der Waals surface area contributed by atoms with Gasteiger partial charge in [-0.2, -0.15) is 0 Å². The van der Waals surface area contributed by atoms with Crippen LogP contribution < -0.4 is 10.5 Å². The number of ether oxygens (including phenoxy) is 1. The molecule has 1 aliphatic heterocycles. The molecule has 2 N–H and O–H groups in total. The SMILES string of the molecule is NC1CCCC(C(=O)N2CCOc3ccccc3C2)C1. The molecule has 1 fully saturated rings. The van der Waals surface area contributed by atoms with Crippen molar-refractivity contribution in [3.63, 3.8) is 0 Å². The van der Waals surface area contributed by atoms with Gasteiger partial charge in [-0.15, -0.1) is 0 Å². The predicted octanol–water partition coefficient (Wildman–Crippen LogP) is 1.93. The van der Waals surface area contributed by atoms with Gasteiger partial charge in [0, 0.05) is 24.1 Å². The molecule has 1 aromatic rings. The number of rotatable bonds is 1. The molecule has 4 nitrogen and oxygen atoms in total. The van der Waals surface area contributed by atoms with Crippen LogP contribution in [0.3, 0.4) is 0 Å². The summed E-state index contributed by atoms with van der Waals surface area (Å²) in [5.41, 5.74) is 7.10. The van der Waals surface area contributed by atoms with Crippen LogP contribution in [0.5, 0.6) is 5.75 Å². The Labute approximate surface area is 119 Å². The first kappa shape index (κ1) is 13.4. The zero-order chi connectivity index (χ0) is 13.9. The van der Waals surface area contributed by atoms with Gasteiger partial charge in [-0.25, -0.2) is 0 Å². The van der Waals surface area contributed by atoms with Crippen molar-refractivity contribution in [3.8, 4) is 5.75 Å². The Morgan fingerprint density at radius 3 is 3.00 bits per heavy atom. The van der Waals surface area contributed by atoms with Gasteiger partial charge in [-0.05, 0) is 25.3 Å². The zero-order valence-corrected chi connectivity index (χ0v) is 11.8. The quantitative estimate of drug-likeness (QED) is 0.851. The number of carbonyl (C=O) groups is 1. The van der Waals surface area contributed by atoms with Gasteiger partial charge in [-0.3, -0.25) is 4.79 Å². The van der Waals surface area contributed by atoms with Gasteiger partial charge in [-0.1, -0.05) is 24.6 Å². The van der Waals surface area contributed by atoms with Crippen molar-refractivity contribution >= 4 is 5.91 Å². The zero-order valence-electron chi connectivity index (χ0n) is 11.8. The summed E-state index contributed by atoms with van der Waals surface area (Å²) >= 11 is 0. The van der Waals surface area contributed by atoms with Gasteiger partial charge in [0.15, 0.2) is 0 Å². The van der Waals surface area contributed by atoms with E-state index in [0.29, 0.717) is 19.7 Å². The minimum absolute atomic E-state index is 0.101. The number of hydrogen-bond donors (Lipinski definition) is 1. The lowest BCUT2D eigenvalue weighted by molar-refractivity contribution is -0.137. The highest BCUT2D eigenvalue weighted by molar-refractivity contribution is 5.79. The van der Waals surface area contributed by atoms with E-state index in [9.17, 15) is 4.79 Å². The first-order chi connectivity index (χ1) is 9.74. The number of para-hydroxylation sites is 1. The number of fused-ring (bicyclic) bond motifs is 1. The summed E-state index contributed by atoms with van der Waals surface area (Å²) < 4.78 is 5.72. The third-order valence-corrected chi connectivity index (χ3v) is 4.33. The lowest BCUT2D eigenvalue weighted by Gasteiger charge is -2.30. The predicted molar refractivity (Wildman–Crippen MR) is 77.3 cm³/mol. The van der Waals surface area contributed by atoms with Gasteiger partial charge in [0.25, 0.3) is 0 Å². The Balaban J connectivity index is 1.72. The van der Waals surface area contributed by atoms with Crippen LogP contribution in [-0.4, -0.2) is 30.0 Å². The Morgan fingerprint density at radius 2 is 2.15 bits per heavy atom. The third kappa shape index (κ3) is 2.80. The van der Waals surface area contributed by atoms with Gasteiger partial charge >= 0.3 is 0 Å². The van der Waals surface area contributed by atoms with E-state index < -0.39 is 0 Å². The number of amides is 1. The van der Waals surface area contributed by atoms with E-state index in [4.69, 9.17) is 10.5 Å². The van der Waals surface area contributed by atoms with Crippen LogP contribution >= 0.6 is 0 Å². The molecule has 20 heavy (non-hydrogen) atoms. The molecule has 0 saturated heterocycles. The van der Waals surface area contributed by atoms with E-state index in [1.165, 1.54) is 0 Å². The average Bonchev–Trinajstić information content (AvgIpc) is 2.68. The highest BCUT2D eigenvalue weighted by Gasteiger charge is 2.30. The number of hydrogen-bond acceptors (Lipinski definition) is 3. The molecular formula is C16H22N2O2. The van der Waals surface area contributed by atoms with Crippen LogP contribution in [0.15, 0.2) is 24.3 Å². The van der Waals surface area contributed by atoms with Crippen molar-refractivity contribution in [3.05, 3.63) is 29.8 Å². The summed E-state index contributed by atoms with van der Waals surface area (Å²) in [6.07, 6.45) is 3.93. The lowest BCUT2D eigenvalue weighted by atomic mass is 9.85. The molecule has 2 aliphatic rings. The van der Waals surface area contributed by atoms with Gasteiger partial charge in [0.05, 0.1) is 6.54 Å². The van der Waals surface area contributed by atoms with Crippen molar-refractivity contribution < 1.29 is 9.53 Å². The molecule has 1 saturated carbocycles. The Bertz CT molecular complexity index is 489. The molecule has 1 aromatic carbocycles. The Kier molecular flexibility index (Phi) is 3.92. The minimum Gasteiger partial charge on any atom is -0.491 e. The summed E-state index contributed by atoms with van der Waals surface area (Å²) in [5, 5.41) is 0. The molecule has 4 heteroatoms. The maximum Gasteiger partial charge on any atom is 0.226 e. The van der Waals surface area contributed by atoms with E-state index in [2.05, 4.69) is 0 Å². The van der Waals surface area contributed by atoms with Crippen LogP contribution in [0.25, 0.3) is 0 Å². The minimum atomic E-state index is 0.101. The first-order valence-electron chi connectivity index (χ1n) is 7.49. The maximum atomic E-state index is 12.7. The summed E-state index contributed by atoms with van der Waals surface area (Å²) in [6.45, 7) is 1.89. The molecule has 2 unspecified atom stereocenters. The topological polar surface area (TPSA) is 55.6 Å². The van der Waals surface area contributed by atoms with Crippen LogP contribution in [0, 0.1) is 5.92 Å². The van der Waals surface area contributed by atoms with Crippen LogP contribution in [0.4, 0.5) is 0 Å². The van der Waals surface area contributed by atoms with Crippen molar-refractivity contribution in [2.24, 2.45) is 11.7 Å². The molecule has 3 rings (SSSR count). The van der Waals surface area contributed by atoms with Crippen molar-refractivity contribution in [1.82, 2.24) is 4.90 Å². The van der Waals surface area contributed by atoms with Crippen molar-refractivity contribution in [2.75, 3.05) is 13.2 Å². The second-order valence-electron chi connectivity index (χ2n) is 5.84. The standard InChI is InChI=1S/C16H22N2O2/c17-14-6-3-5-12(10-14)16(19)18-8-9-20-15-7-2-1-4-13(15)11-18/h1-2,4,7,12,14H,3,5-6,8-11,17H2. The monoisotopic (exact) mass is 274 g/mol. The van der Waals surface area contributed by atoms with Crippen LogP contribution in [0.1, 0.15) is 31.2 Å². The van der Waals surface area contributed by atoms with Crippen LogP contribution in [0.2, 0.25) is 0 Å². The summed E-state index contributed by atoms with van der Waals surface area (Å²) in [5.74, 6) is 1.26. The van der Waals surface area contributed by atoms with E-state index in [1.54, 1.807) is 0 Å². The molecule has 0 bridgehead atoms. The molecule has 0 radical (unpaired) electrons. The number of nitrogens with zero attached hydrogens (tertiary/aromatic N) is 1. The molecule has 1 amide bonds. The van der Waals surface area contributed by atoms with Crippen molar-refractivity contribution in [1.29, 1.82) is 0 Å². The lowest BCUT2D eigenvalue weighted by Crippen LogP contribution is -2.41. The molecule has 0 spiro atoms.